The van der Waals surface area contributed by atoms with Gasteiger partial charge in [0.05, 0.1) is 12.1 Å². The molecule has 8 heteroatoms. The van der Waals surface area contributed by atoms with Crippen LogP contribution < -0.4 is 10.2 Å². The van der Waals surface area contributed by atoms with E-state index in [-0.39, 0.29) is 24.1 Å². The quantitative estimate of drug-likeness (QED) is 0.486. The molecular weight excluding hydrogens is 473 g/mol. The van der Waals surface area contributed by atoms with E-state index >= 15 is 0 Å². The Morgan fingerprint density at radius 2 is 1.68 bits per heavy atom. The van der Waals surface area contributed by atoms with Crippen molar-refractivity contribution in [3.63, 3.8) is 0 Å². The average Bonchev–Trinajstić information content (AvgIpc) is 3.41. The summed E-state index contributed by atoms with van der Waals surface area (Å²) in [6.45, 7) is 3.29. The van der Waals surface area contributed by atoms with Gasteiger partial charge in [-0.2, -0.15) is 0 Å². The van der Waals surface area contributed by atoms with Crippen molar-refractivity contribution < 1.29 is 14.0 Å². The fourth-order valence-electron chi connectivity index (χ4n) is 4.66. The van der Waals surface area contributed by atoms with E-state index in [9.17, 15) is 14.0 Å². The van der Waals surface area contributed by atoms with Crippen molar-refractivity contribution in [2.75, 3.05) is 42.9 Å². The van der Waals surface area contributed by atoms with E-state index in [0.717, 1.165) is 56.7 Å². The molecule has 0 spiro atoms. The van der Waals surface area contributed by atoms with Gasteiger partial charge >= 0.3 is 0 Å². The number of thiophene rings is 1. The zero-order valence-electron chi connectivity index (χ0n) is 18.7. The second kappa shape index (κ2) is 9.86. The van der Waals surface area contributed by atoms with Gasteiger partial charge in [0.2, 0.25) is 5.91 Å². The molecule has 0 saturated carbocycles. The van der Waals surface area contributed by atoms with Crippen LogP contribution in [0.3, 0.4) is 0 Å². The third-order valence-corrected chi connectivity index (χ3v) is 7.90. The molecule has 1 saturated heterocycles. The number of rotatable bonds is 6. The Labute approximate surface area is 207 Å². The summed E-state index contributed by atoms with van der Waals surface area (Å²) in [4.78, 5) is 31.8. The molecule has 5 rings (SSSR count). The van der Waals surface area contributed by atoms with E-state index in [4.69, 9.17) is 11.6 Å². The molecule has 1 aliphatic carbocycles. The van der Waals surface area contributed by atoms with Crippen LogP contribution in [0.15, 0.2) is 48.5 Å². The number of halogens is 2. The lowest BCUT2D eigenvalue weighted by molar-refractivity contribution is -0.117. The first-order chi connectivity index (χ1) is 16.5. The standard InChI is InChI=1S/C26H25ClFN3O2S/c27-18-6-4-17(5-7-18)25(33)24-21-2-1-3-22(21)34-26(24)29-23(32)16-30-12-14-31(15-13-30)20-10-8-19(28)9-11-20/h4-11H,1-3,12-16H2,(H,29,32). The highest BCUT2D eigenvalue weighted by atomic mass is 35.5. The number of hydrogen-bond donors (Lipinski definition) is 1. The topological polar surface area (TPSA) is 52.7 Å². The second-order valence-electron chi connectivity index (χ2n) is 8.69. The number of ketones is 1. The molecule has 0 atom stereocenters. The Hall–Kier alpha value is -2.74. The van der Waals surface area contributed by atoms with Crippen LogP contribution in [-0.4, -0.2) is 49.3 Å². The van der Waals surface area contributed by atoms with Gasteiger partial charge in [0, 0.05) is 47.3 Å². The van der Waals surface area contributed by atoms with Gasteiger partial charge < -0.3 is 10.2 Å². The molecule has 1 aliphatic heterocycles. The maximum atomic E-state index is 13.3. The van der Waals surface area contributed by atoms with Crippen molar-refractivity contribution in [1.29, 1.82) is 0 Å². The first-order valence-electron chi connectivity index (χ1n) is 11.5. The molecule has 5 nitrogen and oxygen atoms in total. The Bertz CT molecular complexity index is 1200. The zero-order chi connectivity index (χ0) is 23.7. The van der Waals surface area contributed by atoms with Crippen LogP contribution in [0.5, 0.6) is 0 Å². The highest BCUT2D eigenvalue weighted by molar-refractivity contribution is 7.17. The minimum Gasteiger partial charge on any atom is -0.369 e. The largest absolute Gasteiger partial charge is 0.369 e. The summed E-state index contributed by atoms with van der Waals surface area (Å²) in [6.07, 6.45) is 2.85. The van der Waals surface area contributed by atoms with Crippen molar-refractivity contribution in [3.8, 4) is 0 Å². The molecule has 1 amide bonds. The van der Waals surface area contributed by atoms with Crippen LogP contribution in [0, 0.1) is 5.82 Å². The number of carbonyl (C=O) groups is 2. The summed E-state index contributed by atoms with van der Waals surface area (Å²) in [6, 6.07) is 13.4. The lowest BCUT2D eigenvalue weighted by atomic mass is 10.0. The Kier molecular flexibility index (Phi) is 6.68. The SMILES string of the molecule is O=C(CN1CCN(c2ccc(F)cc2)CC1)Nc1sc2c(c1C(=O)c1ccc(Cl)cc1)CCC2. The molecule has 3 aromatic rings. The average molecular weight is 498 g/mol. The fourth-order valence-corrected chi connectivity index (χ4v) is 6.09. The predicted molar refractivity (Wildman–Crippen MR) is 135 cm³/mol. The summed E-state index contributed by atoms with van der Waals surface area (Å²) < 4.78 is 13.2. The smallest absolute Gasteiger partial charge is 0.239 e. The number of anilines is 2. The molecule has 1 fully saturated rings. The van der Waals surface area contributed by atoms with Crippen molar-refractivity contribution in [1.82, 2.24) is 4.90 Å². The molecule has 2 aliphatic rings. The summed E-state index contributed by atoms with van der Waals surface area (Å²) in [5.74, 6) is -0.424. The molecular formula is C26H25ClFN3O2S. The number of fused-ring (bicyclic) bond motifs is 1. The summed E-state index contributed by atoms with van der Waals surface area (Å²) in [5.41, 5.74) is 3.27. The molecule has 34 heavy (non-hydrogen) atoms. The van der Waals surface area contributed by atoms with E-state index in [2.05, 4.69) is 15.1 Å². The molecule has 0 radical (unpaired) electrons. The molecule has 1 aromatic heterocycles. The number of hydrogen-bond acceptors (Lipinski definition) is 5. The third kappa shape index (κ3) is 4.87. The van der Waals surface area contributed by atoms with Gasteiger partial charge in [0.15, 0.2) is 5.78 Å². The van der Waals surface area contributed by atoms with Gasteiger partial charge in [-0.3, -0.25) is 14.5 Å². The lowest BCUT2D eigenvalue weighted by Gasteiger charge is -2.35. The van der Waals surface area contributed by atoms with E-state index in [1.807, 2.05) is 0 Å². The van der Waals surface area contributed by atoms with Gasteiger partial charge in [0.1, 0.15) is 10.8 Å². The van der Waals surface area contributed by atoms with Crippen LogP contribution in [0.2, 0.25) is 5.02 Å². The number of piperazine rings is 1. The Balaban J connectivity index is 1.24. The molecule has 2 aromatic carbocycles. The van der Waals surface area contributed by atoms with E-state index in [1.54, 1.807) is 36.4 Å². The van der Waals surface area contributed by atoms with Gasteiger partial charge in [0.25, 0.3) is 0 Å². The highest BCUT2D eigenvalue weighted by Crippen LogP contribution is 2.40. The fraction of sp³-hybridized carbons (Fsp3) is 0.308. The molecule has 2 heterocycles. The van der Waals surface area contributed by atoms with Crippen molar-refractivity contribution in [3.05, 3.63) is 80.9 Å². The van der Waals surface area contributed by atoms with E-state index < -0.39 is 0 Å². The van der Waals surface area contributed by atoms with Gasteiger partial charge in [-0.15, -0.1) is 11.3 Å². The molecule has 176 valence electrons. The lowest BCUT2D eigenvalue weighted by Crippen LogP contribution is -2.48. The molecule has 0 bridgehead atoms. The zero-order valence-corrected chi connectivity index (χ0v) is 20.2. The van der Waals surface area contributed by atoms with Crippen molar-refractivity contribution >= 4 is 45.3 Å². The maximum Gasteiger partial charge on any atom is 0.239 e. The minimum absolute atomic E-state index is 0.0701. The summed E-state index contributed by atoms with van der Waals surface area (Å²) >= 11 is 7.52. The maximum absolute atomic E-state index is 13.3. The number of nitrogens with zero attached hydrogens (tertiary/aromatic N) is 2. The first kappa shape index (κ1) is 23.0. The third-order valence-electron chi connectivity index (χ3n) is 6.44. The van der Waals surface area contributed by atoms with E-state index in [0.29, 0.717) is 21.2 Å². The van der Waals surface area contributed by atoms with Gasteiger partial charge in [-0.25, -0.2) is 4.39 Å². The number of benzene rings is 2. The van der Waals surface area contributed by atoms with Crippen LogP contribution in [-0.2, 0) is 17.6 Å². The highest BCUT2D eigenvalue weighted by Gasteiger charge is 2.28. The number of nitrogens with one attached hydrogen (secondary N) is 1. The number of aryl methyl sites for hydroxylation is 1. The summed E-state index contributed by atoms with van der Waals surface area (Å²) in [5, 5.41) is 4.27. The van der Waals surface area contributed by atoms with Crippen molar-refractivity contribution in [2.45, 2.75) is 19.3 Å². The van der Waals surface area contributed by atoms with Crippen LogP contribution in [0.25, 0.3) is 0 Å². The van der Waals surface area contributed by atoms with Crippen LogP contribution in [0.1, 0.15) is 32.8 Å². The monoisotopic (exact) mass is 497 g/mol. The number of amides is 1. The van der Waals surface area contributed by atoms with Crippen LogP contribution in [0.4, 0.5) is 15.1 Å². The van der Waals surface area contributed by atoms with Crippen LogP contribution >= 0.6 is 22.9 Å². The van der Waals surface area contributed by atoms with Crippen molar-refractivity contribution in [2.24, 2.45) is 0 Å². The Morgan fingerprint density at radius 3 is 2.38 bits per heavy atom. The van der Waals surface area contributed by atoms with Gasteiger partial charge in [-0.1, -0.05) is 11.6 Å². The van der Waals surface area contributed by atoms with E-state index in [1.165, 1.54) is 28.3 Å². The minimum atomic E-state index is -0.243. The van der Waals surface area contributed by atoms with Gasteiger partial charge in [-0.05, 0) is 73.4 Å². The second-order valence-corrected chi connectivity index (χ2v) is 10.2. The summed E-state index contributed by atoms with van der Waals surface area (Å²) in [7, 11) is 0. The molecule has 1 N–H and O–H groups in total. The predicted octanol–water partition coefficient (Wildman–Crippen LogP) is 5.02. The molecule has 0 unspecified atom stereocenters. The number of carbonyl (C=O) groups excluding carboxylic acids is 2. The normalized spacial score (nSPS) is 15.9. The Morgan fingerprint density at radius 1 is 0.971 bits per heavy atom. The first-order valence-corrected chi connectivity index (χ1v) is 12.6.